The first kappa shape index (κ1) is 16.6. The lowest BCUT2D eigenvalue weighted by Gasteiger charge is -2.14. The molecule has 0 aromatic heterocycles. The third-order valence-electron chi connectivity index (χ3n) is 3.06. The summed E-state index contributed by atoms with van der Waals surface area (Å²) in [4.78, 5) is 11.1. The molecule has 0 aliphatic rings. The Morgan fingerprint density at radius 2 is 1.86 bits per heavy atom. The molecule has 0 saturated heterocycles. The van der Waals surface area contributed by atoms with Gasteiger partial charge in [0.15, 0.2) is 11.5 Å². The summed E-state index contributed by atoms with van der Waals surface area (Å²) in [7, 11) is 0. The van der Waals surface area contributed by atoms with E-state index in [1.165, 1.54) is 11.6 Å². The first-order valence-corrected chi connectivity index (χ1v) is 7.97. The molecule has 0 atom stereocenters. The van der Waals surface area contributed by atoms with Crippen LogP contribution < -0.4 is 9.47 Å². The molecule has 0 saturated carbocycles. The average molecular weight is 412 g/mol. The van der Waals surface area contributed by atoms with Crippen LogP contribution in [0, 0.1) is 10.5 Å². The maximum Gasteiger partial charge on any atom is 0.335 e. The number of aryl methyl sites for hydroxylation is 1. The Kier molecular flexibility index (Phi) is 5.65. The van der Waals surface area contributed by atoms with Gasteiger partial charge in [0.25, 0.3) is 0 Å². The van der Waals surface area contributed by atoms with Crippen LogP contribution in [0.3, 0.4) is 0 Å². The second-order valence-corrected chi connectivity index (χ2v) is 5.96. The van der Waals surface area contributed by atoms with Gasteiger partial charge < -0.3 is 14.6 Å². The smallest absolute Gasteiger partial charge is 0.335 e. The van der Waals surface area contributed by atoms with E-state index in [-0.39, 0.29) is 5.56 Å². The standard InChI is InChI=1S/C17H17IO4/c1-3-21-15-9-13(17(19)20)8-14(18)16(15)22-10-12-6-4-11(2)5-7-12/h4-9H,3,10H2,1-2H3,(H,19,20). The zero-order chi connectivity index (χ0) is 16.1. The number of hydrogen-bond donors (Lipinski definition) is 1. The Morgan fingerprint density at radius 3 is 2.45 bits per heavy atom. The molecule has 2 rings (SSSR count). The number of hydrogen-bond acceptors (Lipinski definition) is 3. The van der Waals surface area contributed by atoms with Gasteiger partial charge in [-0.15, -0.1) is 0 Å². The molecule has 1 N–H and O–H groups in total. The second kappa shape index (κ2) is 7.49. The summed E-state index contributed by atoms with van der Waals surface area (Å²) in [5.74, 6) is 0.0518. The Hall–Kier alpha value is -1.76. The van der Waals surface area contributed by atoms with Crippen LogP contribution in [-0.4, -0.2) is 17.7 Å². The molecule has 0 bridgehead atoms. The van der Waals surface area contributed by atoms with E-state index in [0.29, 0.717) is 28.3 Å². The Balaban J connectivity index is 2.25. The van der Waals surface area contributed by atoms with Gasteiger partial charge in [0.05, 0.1) is 15.7 Å². The van der Waals surface area contributed by atoms with E-state index >= 15 is 0 Å². The minimum atomic E-state index is -0.982. The van der Waals surface area contributed by atoms with Crippen LogP contribution in [0.5, 0.6) is 11.5 Å². The fourth-order valence-corrected chi connectivity index (χ4v) is 2.69. The number of rotatable bonds is 6. The monoisotopic (exact) mass is 412 g/mol. The summed E-state index contributed by atoms with van der Waals surface area (Å²) < 4.78 is 12.1. The summed E-state index contributed by atoms with van der Waals surface area (Å²) in [6.45, 7) is 4.73. The summed E-state index contributed by atoms with van der Waals surface area (Å²) in [6.07, 6.45) is 0. The Morgan fingerprint density at radius 1 is 1.18 bits per heavy atom. The van der Waals surface area contributed by atoms with Crippen molar-refractivity contribution in [2.45, 2.75) is 20.5 Å². The molecule has 2 aromatic carbocycles. The molecule has 0 heterocycles. The maximum absolute atomic E-state index is 11.1. The maximum atomic E-state index is 11.1. The van der Waals surface area contributed by atoms with Gasteiger partial charge >= 0.3 is 5.97 Å². The highest BCUT2D eigenvalue weighted by Crippen LogP contribution is 2.34. The number of carbonyl (C=O) groups is 1. The predicted molar refractivity (Wildman–Crippen MR) is 92.8 cm³/mol. The van der Waals surface area contributed by atoms with Crippen molar-refractivity contribution >= 4 is 28.6 Å². The van der Waals surface area contributed by atoms with Crippen molar-refractivity contribution < 1.29 is 19.4 Å². The highest BCUT2D eigenvalue weighted by molar-refractivity contribution is 14.1. The molecule has 0 radical (unpaired) electrons. The Bertz CT molecular complexity index is 665. The van der Waals surface area contributed by atoms with Gasteiger partial charge in [0, 0.05) is 0 Å². The van der Waals surface area contributed by atoms with Gasteiger partial charge in [-0.1, -0.05) is 29.8 Å². The molecule has 22 heavy (non-hydrogen) atoms. The van der Waals surface area contributed by atoms with Crippen molar-refractivity contribution in [3.63, 3.8) is 0 Å². The summed E-state index contributed by atoms with van der Waals surface area (Å²) in [6, 6.07) is 11.2. The highest BCUT2D eigenvalue weighted by atomic mass is 127. The average Bonchev–Trinajstić information content (AvgIpc) is 2.48. The van der Waals surface area contributed by atoms with Gasteiger partial charge in [0.1, 0.15) is 6.61 Å². The van der Waals surface area contributed by atoms with Crippen LogP contribution in [0.4, 0.5) is 0 Å². The van der Waals surface area contributed by atoms with Gasteiger partial charge in [-0.3, -0.25) is 0 Å². The lowest BCUT2D eigenvalue weighted by molar-refractivity contribution is 0.0696. The van der Waals surface area contributed by atoms with E-state index in [4.69, 9.17) is 14.6 Å². The van der Waals surface area contributed by atoms with E-state index in [0.717, 1.165) is 5.56 Å². The third kappa shape index (κ3) is 4.13. The second-order valence-electron chi connectivity index (χ2n) is 4.80. The van der Waals surface area contributed by atoms with Gasteiger partial charge in [-0.25, -0.2) is 4.79 Å². The van der Waals surface area contributed by atoms with Gasteiger partial charge in [-0.05, 0) is 54.1 Å². The van der Waals surface area contributed by atoms with E-state index < -0.39 is 5.97 Å². The predicted octanol–water partition coefficient (Wildman–Crippen LogP) is 4.28. The largest absolute Gasteiger partial charge is 0.490 e. The van der Waals surface area contributed by atoms with Crippen LogP contribution >= 0.6 is 22.6 Å². The molecule has 2 aromatic rings. The molecule has 0 spiro atoms. The summed E-state index contributed by atoms with van der Waals surface area (Å²) in [5, 5.41) is 9.13. The number of benzene rings is 2. The van der Waals surface area contributed by atoms with Crippen LogP contribution in [0.15, 0.2) is 36.4 Å². The molecule has 0 fully saturated rings. The SMILES string of the molecule is CCOc1cc(C(=O)O)cc(I)c1OCc1ccc(C)cc1. The first-order valence-electron chi connectivity index (χ1n) is 6.89. The fourth-order valence-electron chi connectivity index (χ4n) is 1.93. The van der Waals surface area contributed by atoms with Crippen molar-refractivity contribution in [3.05, 3.63) is 56.7 Å². The van der Waals surface area contributed by atoms with E-state index in [1.807, 2.05) is 38.1 Å². The minimum absolute atomic E-state index is 0.190. The first-order chi connectivity index (χ1) is 10.5. The van der Waals surface area contributed by atoms with Crippen LogP contribution in [0.1, 0.15) is 28.4 Å². The molecular formula is C17H17IO4. The van der Waals surface area contributed by atoms with E-state index in [9.17, 15) is 4.79 Å². The minimum Gasteiger partial charge on any atom is -0.490 e. The number of carboxylic acids is 1. The van der Waals surface area contributed by atoms with E-state index in [2.05, 4.69) is 22.6 Å². The van der Waals surface area contributed by atoms with Crippen molar-refractivity contribution in [1.82, 2.24) is 0 Å². The third-order valence-corrected chi connectivity index (χ3v) is 3.86. The van der Waals surface area contributed by atoms with Crippen molar-refractivity contribution in [1.29, 1.82) is 0 Å². The lowest BCUT2D eigenvalue weighted by Crippen LogP contribution is -2.04. The number of carboxylic acid groups (broad SMARTS) is 1. The van der Waals surface area contributed by atoms with Gasteiger partial charge in [0.2, 0.25) is 0 Å². The molecule has 116 valence electrons. The van der Waals surface area contributed by atoms with Gasteiger partial charge in [-0.2, -0.15) is 0 Å². The van der Waals surface area contributed by atoms with Crippen LogP contribution in [0.25, 0.3) is 0 Å². The normalized spacial score (nSPS) is 10.3. The van der Waals surface area contributed by atoms with Crippen molar-refractivity contribution in [2.24, 2.45) is 0 Å². The molecule has 0 aliphatic carbocycles. The highest BCUT2D eigenvalue weighted by Gasteiger charge is 2.15. The lowest BCUT2D eigenvalue weighted by atomic mass is 10.1. The molecule has 5 heteroatoms. The topological polar surface area (TPSA) is 55.8 Å². The molecule has 0 aliphatic heterocycles. The van der Waals surface area contributed by atoms with E-state index in [1.54, 1.807) is 6.07 Å². The summed E-state index contributed by atoms with van der Waals surface area (Å²) in [5.41, 5.74) is 2.43. The number of halogens is 1. The quantitative estimate of drug-likeness (QED) is 0.720. The fraction of sp³-hybridized carbons (Fsp3) is 0.235. The molecule has 0 amide bonds. The van der Waals surface area contributed by atoms with Crippen molar-refractivity contribution in [2.75, 3.05) is 6.61 Å². The number of ether oxygens (including phenoxy) is 2. The van der Waals surface area contributed by atoms with Crippen molar-refractivity contribution in [3.8, 4) is 11.5 Å². The number of aromatic carboxylic acids is 1. The van der Waals surface area contributed by atoms with Crippen LogP contribution in [0.2, 0.25) is 0 Å². The molecule has 4 nitrogen and oxygen atoms in total. The van der Waals surface area contributed by atoms with Crippen LogP contribution in [-0.2, 0) is 6.61 Å². The molecule has 0 unspecified atom stereocenters. The zero-order valence-electron chi connectivity index (χ0n) is 12.4. The summed E-state index contributed by atoms with van der Waals surface area (Å²) >= 11 is 2.06. The molecular weight excluding hydrogens is 395 g/mol. The zero-order valence-corrected chi connectivity index (χ0v) is 14.6. The Labute approximate surface area is 143 Å².